The van der Waals surface area contributed by atoms with Crippen LogP contribution in [0.4, 0.5) is 0 Å². The van der Waals surface area contributed by atoms with E-state index < -0.39 is 0 Å². The summed E-state index contributed by atoms with van der Waals surface area (Å²) in [5, 5.41) is 12.6. The van der Waals surface area contributed by atoms with Gasteiger partial charge in [-0.05, 0) is 37.1 Å². The molecular formula is C16H19ClN4O2S. The van der Waals surface area contributed by atoms with Crippen molar-refractivity contribution in [2.75, 3.05) is 19.4 Å². The fourth-order valence-electron chi connectivity index (χ4n) is 2.57. The molecule has 1 amide bonds. The molecule has 1 saturated heterocycles. The standard InChI is InChI=1S/C16H19ClN4O2S/c1-18-14(22)10-24-16-20-19-15(11-4-6-12(17)7-5-11)21(16)9-13-3-2-8-23-13/h4-7,13H,2-3,8-10H2,1H3,(H,18,22)/t13-/m0/s1. The number of ether oxygens (including phenoxy) is 1. The second kappa shape index (κ2) is 8.00. The Kier molecular flexibility index (Phi) is 5.76. The number of carbonyl (C=O) groups is 1. The minimum absolute atomic E-state index is 0.0419. The van der Waals surface area contributed by atoms with Gasteiger partial charge < -0.3 is 10.1 Å². The second-order valence-electron chi connectivity index (χ2n) is 5.52. The van der Waals surface area contributed by atoms with E-state index in [2.05, 4.69) is 15.5 Å². The summed E-state index contributed by atoms with van der Waals surface area (Å²) in [4.78, 5) is 11.5. The molecule has 2 aromatic rings. The molecule has 0 aliphatic carbocycles. The average molecular weight is 367 g/mol. The lowest BCUT2D eigenvalue weighted by Gasteiger charge is -2.14. The molecule has 0 radical (unpaired) electrons. The molecule has 2 heterocycles. The zero-order chi connectivity index (χ0) is 16.9. The van der Waals surface area contributed by atoms with Crippen LogP contribution >= 0.6 is 23.4 Å². The van der Waals surface area contributed by atoms with E-state index in [1.54, 1.807) is 7.05 Å². The number of thioether (sulfide) groups is 1. The van der Waals surface area contributed by atoms with Gasteiger partial charge in [-0.15, -0.1) is 10.2 Å². The van der Waals surface area contributed by atoms with E-state index in [1.165, 1.54) is 11.8 Å². The van der Waals surface area contributed by atoms with Crippen LogP contribution in [0, 0.1) is 0 Å². The number of nitrogens with one attached hydrogen (secondary N) is 1. The molecule has 1 N–H and O–H groups in total. The molecule has 0 bridgehead atoms. The van der Waals surface area contributed by atoms with Crippen molar-refractivity contribution in [3.8, 4) is 11.4 Å². The van der Waals surface area contributed by atoms with Crippen molar-refractivity contribution in [2.45, 2.75) is 30.6 Å². The Labute approximate surface area is 149 Å². The van der Waals surface area contributed by atoms with Gasteiger partial charge in [0.2, 0.25) is 5.91 Å². The van der Waals surface area contributed by atoms with Crippen molar-refractivity contribution in [2.24, 2.45) is 0 Å². The topological polar surface area (TPSA) is 69.0 Å². The van der Waals surface area contributed by atoms with E-state index in [4.69, 9.17) is 16.3 Å². The van der Waals surface area contributed by atoms with Crippen LogP contribution in [-0.4, -0.2) is 46.2 Å². The molecule has 0 unspecified atom stereocenters. The zero-order valence-electron chi connectivity index (χ0n) is 13.4. The van der Waals surface area contributed by atoms with Crippen LogP contribution in [0.5, 0.6) is 0 Å². The lowest BCUT2D eigenvalue weighted by molar-refractivity contribution is -0.118. The lowest BCUT2D eigenvalue weighted by atomic mass is 10.2. The summed E-state index contributed by atoms with van der Waals surface area (Å²) in [6.07, 6.45) is 2.26. The quantitative estimate of drug-likeness (QED) is 0.796. The molecular weight excluding hydrogens is 348 g/mol. The number of carbonyl (C=O) groups excluding carboxylic acids is 1. The summed E-state index contributed by atoms with van der Waals surface area (Å²) in [6, 6.07) is 7.51. The predicted octanol–water partition coefficient (Wildman–Crippen LogP) is 2.62. The number of benzene rings is 1. The van der Waals surface area contributed by atoms with E-state index in [1.807, 2.05) is 28.8 Å². The van der Waals surface area contributed by atoms with Crippen LogP contribution in [0.3, 0.4) is 0 Å². The van der Waals surface area contributed by atoms with Gasteiger partial charge in [-0.25, -0.2) is 0 Å². The van der Waals surface area contributed by atoms with Crippen LogP contribution in [0.15, 0.2) is 29.4 Å². The number of aromatic nitrogens is 3. The predicted molar refractivity (Wildman–Crippen MR) is 94.2 cm³/mol. The molecule has 1 atom stereocenters. The van der Waals surface area contributed by atoms with E-state index in [9.17, 15) is 4.79 Å². The average Bonchev–Trinajstić information content (AvgIpc) is 3.24. The monoisotopic (exact) mass is 366 g/mol. The van der Waals surface area contributed by atoms with Crippen molar-refractivity contribution in [3.05, 3.63) is 29.3 Å². The highest BCUT2D eigenvalue weighted by atomic mass is 35.5. The Hall–Kier alpha value is -1.57. The van der Waals surface area contributed by atoms with Crippen LogP contribution in [0.1, 0.15) is 12.8 Å². The van der Waals surface area contributed by atoms with Crippen LogP contribution in [0.25, 0.3) is 11.4 Å². The maximum atomic E-state index is 11.5. The third-order valence-corrected chi connectivity index (χ3v) is 5.06. The molecule has 1 fully saturated rings. The molecule has 1 aliphatic rings. The van der Waals surface area contributed by atoms with Crippen molar-refractivity contribution in [1.29, 1.82) is 0 Å². The molecule has 24 heavy (non-hydrogen) atoms. The Balaban J connectivity index is 1.87. The maximum absolute atomic E-state index is 11.5. The van der Waals surface area contributed by atoms with E-state index in [0.717, 1.165) is 36.0 Å². The number of hydrogen-bond acceptors (Lipinski definition) is 5. The van der Waals surface area contributed by atoms with Gasteiger partial charge in [0.15, 0.2) is 11.0 Å². The number of halogens is 1. The Morgan fingerprint density at radius 1 is 1.42 bits per heavy atom. The Bertz CT molecular complexity index is 699. The van der Waals surface area contributed by atoms with E-state index in [-0.39, 0.29) is 12.0 Å². The fraction of sp³-hybridized carbons (Fsp3) is 0.438. The number of hydrogen-bond donors (Lipinski definition) is 1. The van der Waals surface area contributed by atoms with Crippen molar-refractivity contribution < 1.29 is 9.53 Å². The van der Waals surface area contributed by atoms with Crippen molar-refractivity contribution in [1.82, 2.24) is 20.1 Å². The van der Waals surface area contributed by atoms with Gasteiger partial charge in [-0.3, -0.25) is 9.36 Å². The number of amides is 1. The summed E-state index contributed by atoms with van der Waals surface area (Å²) in [5.74, 6) is 1.03. The molecule has 1 aliphatic heterocycles. The molecule has 3 rings (SSSR count). The molecule has 0 spiro atoms. The second-order valence-corrected chi connectivity index (χ2v) is 6.90. The minimum Gasteiger partial charge on any atom is -0.376 e. The first-order valence-electron chi connectivity index (χ1n) is 7.81. The highest BCUT2D eigenvalue weighted by molar-refractivity contribution is 7.99. The Morgan fingerprint density at radius 3 is 2.88 bits per heavy atom. The molecule has 6 nitrogen and oxygen atoms in total. The van der Waals surface area contributed by atoms with Gasteiger partial charge in [0.1, 0.15) is 0 Å². The van der Waals surface area contributed by atoms with Crippen LogP contribution in [-0.2, 0) is 16.1 Å². The van der Waals surface area contributed by atoms with Gasteiger partial charge in [0.05, 0.1) is 18.4 Å². The first kappa shape index (κ1) is 17.3. The highest BCUT2D eigenvalue weighted by Crippen LogP contribution is 2.27. The lowest BCUT2D eigenvalue weighted by Crippen LogP contribution is -2.21. The SMILES string of the molecule is CNC(=O)CSc1nnc(-c2ccc(Cl)cc2)n1C[C@@H]1CCCO1. The summed E-state index contributed by atoms with van der Waals surface area (Å²) in [7, 11) is 1.62. The number of rotatable bonds is 6. The van der Waals surface area contributed by atoms with E-state index >= 15 is 0 Å². The smallest absolute Gasteiger partial charge is 0.230 e. The molecule has 8 heteroatoms. The first-order chi connectivity index (χ1) is 11.7. The highest BCUT2D eigenvalue weighted by Gasteiger charge is 2.22. The zero-order valence-corrected chi connectivity index (χ0v) is 14.9. The third kappa shape index (κ3) is 4.09. The van der Waals surface area contributed by atoms with Crippen molar-refractivity contribution in [3.63, 3.8) is 0 Å². The van der Waals surface area contributed by atoms with Gasteiger partial charge in [0, 0.05) is 24.2 Å². The number of nitrogens with zero attached hydrogens (tertiary/aromatic N) is 3. The van der Waals surface area contributed by atoms with Crippen LogP contribution < -0.4 is 5.32 Å². The summed E-state index contributed by atoms with van der Waals surface area (Å²) < 4.78 is 7.79. The first-order valence-corrected chi connectivity index (χ1v) is 9.18. The summed E-state index contributed by atoms with van der Waals surface area (Å²) in [6.45, 7) is 1.48. The van der Waals surface area contributed by atoms with E-state index in [0.29, 0.717) is 17.3 Å². The maximum Gasteiger partial charge on any atom is 0.230 e. The van der Waals surface area contributed by atoms with Gasteiger partial charge in [0.25, 0.3) is 0 Å². The molecule has 128 valence electrons. The van der Waals surface area contributed by atoms with Crippen molar-refractivity contribution >= 4 is 29.3 Å². The summed E-state index contributed by atoms with van der Waals surface area (Å²) in [5.41, 5.74) is 0.941. The van der Waals surface area contributed by atoms with Crippen LogP contribution in [0.2, 0.25) is 5.02 Å². The van der Waals surface area contributed by atoms with Gasteiger partial charge in [-0.1, -0.05) is 23.4 Å². The normalized spacial score (nSPS) is 17.2. The Morgan fingerprint density at radius 2 is 2.21 bits per heavy atom. The molecule has 1 aromatic carbocycles. The van der Waals surface area contributed by atoms with Gasteiger partial charge in [-0.2, -0.15) is 0 Å². The fourth-order valence-corrected chi connectivity index (χ4v) is 3.51. The minimum atomic E-state index is -0.0419. The van der Waals surface area contributed by atoms with Gasteiger partial charge >= 0.3 is 0 Å². The largest absolute Gasteiger partial charge is 0.376 e. The molecule has 1 aromatic heterocycles. The summed E-state index contributed by atoms with van der Waals surface area (Å²) >= 11 is 7.35. The third-order valence-electron chi connectivity index (χ3n) is 3.84. The molecule has 0 saturated carbocycles.